The third kappa shape index (κ3) is 31.1. The van der Waals surface area contributed by atoms with Gasteiger partial charge in [0, 0.05) is 12.8 Å². The SMILES string of the molecule is CCCCCCCC/C=C\CCCCCCCC(=O)OC(CCCCCCCCCC)CCCCCC(=O)O. The fourth-order valence-electron chi connectivity index (χ4n) is 5.18. The van der Waals surface area contributed by atoms with Crippen LogP contribution in [0.2, 0.25) is 0 Å². The van der Waals surface area contributed by atoms with Crippen LogP contribution in [0.5, 0.6) is 0 Å². The van der Waals surface area contributed by atoms with E-state index in [9.17, 15) is 9.59 Å². The quantitative estimate of drug-likeness (QED) is 0.0529. The summed E-state index contributed by atoms with van der Waals surface area (Å²) in [6.45, 7) is 4.52. The molecule has 0 saturated carbocycles. The van der Waals surface area contributed by atoms with Crippen LogP contribution in [0, 0.1) is 0 Å². The first-order valence-electron chi connectivity index (χ1n) is 17.2. The van der Waals surface area contributed by atoms with Crippen molar-refractivity contribution in [2.75, 3.05) is 0 Å². The van der Waals surface area contributed by atoms with Gasteiger partial charge >= 0.3 is 11.9 Å². The minimum Gasteiger partial charge on any atom is -0.481 e. The Kier molecular flexibility index (Phi) is 30.2. The van der Waals surface area contributed by atoms with Crippen LogP contribution < -0.4 is 0 Å². The van der Waals surface area contributed by atoms with Gasteiger partial charge in [-0.25, -0.2) is 0 Å². The Balaban J connectivity index is 3.91. The van der Waals surface area contributed by atoms with Crippen LogP contribution in [0.25, 0.3) is 0 Å². The molecule has 0 bridgehead atoms. The van der Waals surface area contributed by atoms with E-state index in [0.717, 1.165) is 44.9 Å². The van der Waals surface area contributed by atoms with Crippen molar-refractivity contribution in [2.45, 2.75) is 200 Å². The number of esters is 1. The molecule has 0 spiro atoms. The standard InChI is InChI=1S/C35H66O4/c1-3-5-7-9-11-13-14-15-16-17-18-19-21-23-28-32-35(38)39-33(30-26-24-27-31-34(36)37)29-25-22-20-12-10-8-6-4-2/h15-16,33H,3-14,17-32H2,1-2H3,(H,36,37)/b16-15-. The predicted octanol–water partition coefficient (Wildman–Crippen LogP) is 11.5. The van der Waals surface area contributed by atoms with Gasteiger partial charge in [0.15, 0.2) is 0 Å². The third-order valence-corrected chi connectivity index (χ3v) is 7.74. The number of carbonyl (C=O) groups excluding carboxylic acids is 1. The molecule has 1 atom stereocenters. The zero-order valence-electron chi connectivity index (χ0n) is 26.2. The Morgan fingerprint density at radius 2 is 0.923 bits per heavy atom. The van der Waals surface area contributed by atoms with Crippen molar-refractivity contribution in [1.29, 1.82) is 0 Å². The molecule has 0 radical (unpaired) electrons. The molecule has 0 saturated heterocycles. The fourth-order valence-corrected chi connectivity index (χ4v) is 5.18. The molecule has 0 aromatic carbocycles. The third-order valence-electron chi connectivity index (χ3n) is 7.74. The minimum absolute atomic E-state index is 0.00514. The summed E-state index contributed by atoms with van der Waals surface area (Å²) >= 11 is 0. The van der Waals surface area contributed by atoms with Crippen molar-refractivity contribution in [3.05, 3.63) is 12.2 Å². The summed E-state index contributed by atoms with van der Waals surface area (Å²) in [6.07, 6.45) is 36.5. The Labute approximate surface area is 243 Å². The number of carbonyl (C=O) groups is 2. The van der Waals surface area contributed by atoms with E-state index >= 15 is 0 Å². The van der Waals surface area contributed by atoms with Gasteiger partial charge < -0.3 is 9.84 Å². The van der Waals surface area contributed by atoms with E-state index in [1.807, 2.05) is 0 Å². The maximum absolute atomic E-state index is 12.5. The second-order valence-electron chi connectivity index (χ2n) is 11.7. The summed E-state index contributed by atoms with van der Waals surface area (Å²) in [5.74, 6) is -0.764. The molecule has 4 nitrogen and oxygen atoms in total. The topological polar surface area (TPSA) is 63.6 Å². The second-order valence-corrected chi connectivity index (χ2v) is 11.7. The zero-order chi connectivity index (χ0) is 28.7. The summed E-state index contributed by atoms with van der Waals surface area (Å²) < 4.78 is 5.89. The highest BCUT2D eigenvalue weighted by molar-refractivity contribution is 5.69. The van der Waals surface area contributed by atoms with Gasteiger partial charge in [0.05, 0.1) is 0 Å². The Hall–Kier alpha value is -1.32. The molecule has 230 valence electrons. The molecule has 0 rings (SSSR count). The first kappa shape index (κ1) is 37.7. The monoisotopic (exact) mass is 550 g/mol. The highest BCUT2D eigenvalue weighted by Gasteiger charge is 2.14. The molecule has 0 aromatic heterocycles. The number of unbranched alkanes of at least 4 members (excludes halogenated alkanes) is 20. The molecule has 0 fully saturated rings. The normalized spacial score (nSPS) is 12.3. The van der Waals surface area contributed by atoms with Gasteiger partial charge in [0.25, 0.3) is 0 Å². The van der Waals surface area contributed by atoms with E-state index in [-0.39, 0.29) is 18.5 Å². The van der Waals surface area contributed by atoms with E-state index in [4.69, 9.17) is 9.84 Å². The number of hydrogen-bond acceptors (Lipinski definition) is 3. The average molecular weight is 551 g/mol. The first-order valence-corrected chi connectivity index (χ1v) is 17.2. The van der Waals surface area contributed by atoms with Gasteiger partial charge in [-0.1, -0.05) is 129 Å². The van der Waals surface area contributed by atoms with Gasteiger partial charge in [-0.3, -0.25) is 9.59 Å². The molecule has 0 heterocycles. The molecule has 0 aromatic rings. The van der Waals surface area contributed by atoms with Crippen LogP contribution in [0.4, 0.5) is 0 Å². The molecule has 1 unspecified atom stereocenters. The first-order chi connectivity index (χ1) is 19.1. The van der Waals surface area contributed by atoms with E-state index in [2.05, 4.69) is 26.0 Å². The van der Waals surface area contributed by atoms with Crippen LogP contribution >= 0.6 is 0 Å². The van der Waals surface area contributed by atoms with Crippen LogP contribution in [0.3, 0.4) is 0 Å². The molecule has 4 heteroatoms. The zero-order valence-corrected chi connectivity index (χ0v) is 26.2. The van der Waals surface area contributed by atoms with Gasteiger partial charge in [-0.2, -0.15) is 0 Å². The lowest BCUT2D eigenvalue weighted by Crippen LogP contribution is -2.18. The average Bonchev–Trinajstić information content (AvgIpc) is 2.91. The molecular weight excluding hydrogens is 484 g/mol. The molecule has 0 aliphatic rings. The van der Waals surface area contributed by atoms with Gasteiger partial charge in [-0.05, 0) is 64.2 Å². The van der Waals surface area contributed by atoms with Crippen molar-refractivity contribution < 1.29 is 19.4 Å². The lowest BCUT2D eigenvalue weighted by Gasteiger charge is -2.18. The van der Waals surface area contributed by atoms with Crippen LogP contribution in [-0.2, 0) is 14.3 Å². The van der Waals surface area contributed by atoms with Crippen LogP contribution in [0.15, 0.2) is 12.2 Å². The summed E-state index contributed by atoms with van der Waals surface area (Å²) in [6, 6.07) is 0. The van der Waals surface area contributed by atoms with Crippen molar-refractivity contribution in [3.8, 4) is 0 Å². The lowest BCUT2D eigenvalue weighted by atomic mass is 10.0. The number of rotatable bonds is 31. The molecule has 0 aliphatic carbocycles. The predicted molar refractivity (Wildman–Crippen MR) is 167 cm³/mol. The van der Waals surface area contributed by atoms with Gasteiger partial charge in [0.2, 0.25) is 0 Å². The molecule has 1 N–H and O–H groups in total. The van der Waals surface area contributed by atoms with Crippen molar-refractivity contribution >= 4 is 11.9 Å². The Morgan fingerprint density at radius 1 is 0.538 bits per heavy atom. The number of allylic oxidation sites excluding steroid dienone is 2. The molecule has 0 amide bonds. The van der Waals surface area contributed by atoms with E-state index < -0.39 is 5.97 Å². The van der Waals surface area contributed by atoms with E-state index in [1.165, 1.54) is 116 Å². The smallest absolute Gasteiger partial charge is 0.306 e. The van der Waals surface area contributed by atoms with Gasteiger partial charge in [0.1, 0.15) is 6.10 Å². The molecular formula is C35H66O4. The molecule has 0 aliphatic heterocycles. The number of ether oxygens (including phenoxy) is 1. The van der Waals surface area contributed by atoms with Crippen molar-refractivity contribution in [1.82, 2.24) is 0 Å². The Bertz CT molecular complexity index is 557. The molecule has 39 heavy (non-hydrogen) atoms. The highest BCUT2D eigenvalue weighted by atomic mass is 16.5. The van der Waals surface area contributed by atoms with E-state index in [1.54, 1.807) is 0 Å². The lowest BCUT2D eigenvalue weighted by molar-refractivity contribution is -0.150. The second kappa shape index (κ2) is 31.2. The number of carboxylic acids is 1. The minimum atomic E-state index is -0.725. The largest absolute Gasteiger partial charge is 0.481 e. The van der Waals surface area contributed by atoms with Crippen molar-refractivity contribution in [2.24, 2.45) is 0 Å². The number of carboxylic acid groups (broad SMARTS) is 1. The number of aliphatic carboxylic acids is 1. The number of hydrogen-bond donors (Lipinski definition) is 1. The van der Waals surface area contributed by atoms with Gasteiger partial charge in [-0.15, -0.1) is 0 Å². The van der Waals surface area contributed by atoms with E-state index in [0.29, 0.717) is 12.8 Å². The fraction of sp³-hybridized carbons (Fsp3) is 0.886. The summed E-state index contributed by atoms with van der Waals surface area (Å²) in [5.41, 5.74) is 0. The van der Waals surface area contributed by atoms with Crippen LogP contribution in [-0.4, -0.2) is 23.1 Å². The highest BCUT2D eigenvalue weighted by Crippen LogP contribution is 2.18. The Morgan fingerprint density at radius 3 is 1.41 bits per heavy atom. The maximum Gasteiger partial charge on any atom is 0.306 e. The summed E-state index contributed by atoms with van der Waals surface area (Å²) in [5, 5.41) is 8.83. The maximum atomic E-state index is 12.5. The van der Waals surface area contributed by atoms with Crippen LogP contribution in [0.1, 0.15) is 194 Å². The summed E-state index contributed by atoms with van der Waals surface area (Å²) in [7, 11) is 0. The van der Waals surface area contributed by atoms with Crippen molar-refractivity contribution in [3.63, 3.8) is 0 Å². The summed E-state index contributed by atoms with van der Waals surface area (Å²) in [4.78, 5) is 23.2.